The van der Waals surface area contributed by atoms with Crippen LogP contribution in [-0.2, 0) is 49.2 Å². The number of carboxylic acid groups (broad SMARTS) is 6. The maximum Gasteiger partial charge on any atom is 4.00 e. The standard InChI is InChI=1S/6C2H4O2.C.Pd/c6*1-2(3)4;;/h6*1H3,(H,3,4);;/q;;;;;;+4;+2/p-6. The first-order valence-electron chi connectivity index (χ1n) is 5.45. The summed E-state index contributed by atoms with van der Waals surface area (Å²) in [5.41, 5.74) is 0. The summed E-state index contributed by atoms with van der Waals surface area (Å²) >= 11 is 0. The van der Waals surface area contributed by atoms with Crippen LogP contribution in [0.15, 0.2) is 0 Å². The molecule has 0 aromatic heterocycles. The van der Waals surface area contributed by atoms with Gasteiger partial charge in [-0.1, -0.05) is 0 Å². The van der Waals surface area contributed by atoms with Gasteiger partial charge in [0.25, 0.3) is 0 Å². The van der Waals surface area contributed by atoms with E-state index in [0.717, 1.165) is 41.5 Å². The van der Waals surface area contributed by atoms with Gasteiger partial charge in [0.05, 0.1) is 0 Å². The van der Waals surface area contributed by atoms with Crippen LogP contribution in [-0.4, -0.2) is 35.8 Å². The molecule has 0 amide bonds. The van der Waals surface area contributed by atoms with Crippen LogP contribution < -0.4 is 30.6 Å². The van der Waals surface area contributed by atoms with Gasteiger partial charge in [-0.05, 0) is 41.5 Å². The third-order valence-electron chi connectivity index (χ3n) is 0. The molecular weight excluding hydrogens is 455 g/mol. The molecule has 0 atom stereocenters. The zero-order valence-electron chi connectivity index (χ0n) is 14.7. The van der Waals surface area contributed by atoms with Crippen molar-refractivity contribution in [2.75, 3.05) is 0 Å². The summed E-state index contributed by atoms with van der Waals surface area (Å²) in [4.78, 5) is 53.3. The molecule has 0 radical (unpaired) electrons. The fourth-order valence-corrected chi connectivity index (χ4v) is 0. The van der Waals surface area contributed by atoms with Crippen molar-refractivity contribution in [1.82, 2.24) is 0 Å². The number of carboxylic acids is 6. The summed E-state index contributed by atoms with van der Waals surface area (Å²) in [7, 11) is 0. The Morgan fingerprint density at radius 2 is 0.385 bits per heavy atom. The fourth-order valence-electron chi connectivity index (χ4n) is 0. The molecule has 0 aliphatic heterocycles. The van der Waals surface area contributed by atoms with Crippen molar-refractivity contribution in [3.05, 3.63) is 7.43 Å². The summed E-state index contributed by atoms with van der Waals surface area (Å²) in [5, 5.41) is 53.3. The van der Waals surface area contributed by atoms with E-state index in [-0.39, 0.29) is 27.8 Å². The monoisotopic (exact) mass is 472 g/mol. The van der Waals surface area contributed by atoms with E-state index in [1.165, 1.54) is 0 Å². The predicted octanol–water partition coefficient (Wildman–Crippen LogP) is -7.38. The van der Waals surface area contributed by atoms with E-state index in [1.807, 2.05) is 0 Å². The van der Waals surface area contributed by atoms with Gasteiger partial charge in [0.2, 0.25) is 0 Å². The van der Waals surface area contributed by atoms with Gasteiger partial charge in [0.1, 0.15) is 0 Å². The first kappa shape index (κ1) is 49.5. The normalized spacial score (nSPS) is 5.77. The molecule has 0 aliphatic carbocycles. The molecule has 12 nitrogen and oxygen atoms in total. The van der Waals surface area contributed by atoms with Crippen LogP contribution in [0, 0.1) is 7.43 Å². The molecule has 0 spiro atoms. The molecule has 26 heavy (non-hydrogen) atoms. The molecule has 0 aromatic carbocycles. The van der Waals surface area contributed by atoms with Crippen LogP contribution in [0.25, 0.3) is 0 Å². The molecule has 0 fully saturated rings. The van der Waals surface area contributed by atoms with Gasteiger partial charge in [-0.25, -0.2) is 0 Å². The Hall–Kier alpha value is -2.52. The van der Waals surface area contributed by atoms with E-state index in [2.05, 4.69) is 0 Å². The first-order valence-corrected chi connectivity index (χ1v) is 5.45. The molecular formula is C13H18O12Pd. The van der Waals surface area contributed by atoms with Crippen molar-refractivity contribution in [3.63, 3.8) is 0 Å². The predicted molar refractivity (Wildman–Crippen MR) is 67.3 cm³/mol. The molecule has 0 aromatic rings. The van der Waals surface area contributed by atoms with Crippen molar-refractivity contribution in [1.29, 1.82) is 0 Å². The van der Waals surface area contributed by atoms with E-state index >= 15 is 0 Å². The Bertz CT molecular complexity index is 262. The summed E-state index contributed by atoms with van der Waals surface area (Å²) in [6.45, 7) is 5.83. The molecule has 0 N–H and O–H groups in total. The molecule has 0 bridgehead atoms. The van der Waals surface area contributed by atoms with Crippen molar-refractivity contribution in [2.45, 2.75) is 41.5 Å². The van der Waals surface area contributed by atoms with Crippen LogP contribution >= 0.6 is 0 Å². The minimum atomic E-state index is -1.08. The van der Waals surface area contributed by atoms with Gasteiger partial charge in [0.15, 0.2) is 0 Å². The zero-order valence-corrected chi connectivity index (χ0v) is 16.3. The van der Waals surface area contributed by atoms with E-state index in [4.69, 9.17) is 59.4 Å². The fraction of sp³-hybridized carbons (Fsp3) is 0.462. The summed E-state index contributed by atoms with van der Waals surface area (Å²) in [6, 6.07) is 0. The zero-order chi connectivity index (χ0) is 21.5. The molecule has 152 valence electrons. The number of hydrogen-bond donors (Lipinski definition) is 0. The maximum absolute atomic E-state index is 8.89. The number of aliphatic carboxylic acids is 6. The molecule has 0 rings (SSSR count). The quantitative estimate of drug-likeness (QED) is 0.298. The Kier molecular flexibility index (Phi) is 82.4. The topological polar surface area (TPSA) is 241 Å². The van der Waals surface area contributed by atoms with Crippen molar-refractivity contribution in [2.24, 2.45) is 0 Å². The van der Waals surface area contributed by atoms with Crippen LogP contribution in [0.2, 0.25) is 0 Å². The second-order valence-corrected chi connectivity index (χ2v) is 2.95. The Morgan fingerprint density at radius 3 is 0.385 bits per heavy atom. The Morgan fingerprint density at radius 1 is 0.385 bits per heavy atom. The van der Waals surface area contributed by atoms with Crippen LogP contribution in [0.5, 0.6) is 0 Å². The SMILES string of the molecule is CC(=O)[O-].CC(=O)[O-].CC(=O)[O-].CC(=O)[O-].CC(=O)[O-].CC(=O)[O-].[C+4].[Pd+2]. The van der Waals surface area contributed by atoms with Gasteiger partial charge in [0, 0.05) is 35.8 Å². The van der Waals surface area contributed by atoms with Crippen LogP contribution in [0.4, 0.5) is 0 Å². The average molecular weight is 473 g/mol. The number of carbonyl (C=O) groups is 6. The summed E-state index contributed by atoms with van der Waals surface area (Å²) < 4.78 is 0. The van der Waals surface area contributed by atoms with Gasteiger partial charge >= 0.3 is 27.8 Å². The van der Waals surface area contributed by atoms with E-state index < -0.39 is 35.8 Å². The number of hydrogen-bond acceptors (Lipinski definition) is 12. The number of carbonyl (C=O) groups excluding carboxylic acids is 6. The molecule has 13 heteroatoms. The Labute approximate surface area is 165 Å². The second-order valence-electron chi connectivity index (χ2n) is 2.95. The minimum absolute atomic E-state index is 0. The van der Waals surface area contributed by atoms with Crippen LogP contribution in [0.3, 0.4) is 0 Å². The maximum atomic E-state index is 8.89. The summed E-state index contributed by atoms with van der Waals surface area (Å²) in [5.74, 6) is -6.50. The third-order valence-corrected chi connectivity index (χ3v) is 0. The van der Waals surface area contributed by atoms with Crippen molar-refractivity contribution in [3.8, 4) is 0 Å². The second kappa shape index (κ2) is 43.3. The van der Waals surface area contributed by atoms with Gasteiger partial charge in [-0.2, -0.15) is 0 Å². The first-order chi connectivity index (χ1) is 10.4. The van der Waals surface area contributed by atoms with Crippen molar-refractivity contribution >= 4 is 35.8 Å². The third kappa shape index (κ3) is 1420. The molecule has 0 unspecified atom stereocenters. The van der Waals surface area contributed by atoms with E-state index in [9.17, 15) is 0 Å². The van der Waals surface area contributed by atoms with Gasteiger partial charge in [-0.3, -0.25) is 0 Å². The smallest absolute Gasteiger partial charge is 0.550 e. The molecule has 0 saturated heterocycles. The van der Waals surface area contributed by atoms with E-state index in [0.29, 0.717) is 0 Å². The largest absolute Gasteiger partial charge is 4.00 e. The molecule has 0 saturated carbocycles. The summed E-state index contributed by atoms with van der Waals surface area (Å²) in [6.07, 6.45) is 0. The number of rotatable bonds is 0. The molecule has 0 aliphatic rings. The van der Waals surface area contributed by atoms with E-state index in [1.54, 1.807) is 0 Å². The van der Waals surface area contributed by atoms with Gasteiger partial charge in [-0.15, -0.1) is 0 Å². The van der Waals surface area contributed by atoms with Gasteiger partial charge < -0.3 is 59.4 Å². The molecule has 0 heterocycles. The van der Waals surface area contributed by atoms with Crippen molar-refractivity contribution < 1.29 is 79.8 Å². The minimum Gasteiger partial charge on any atom is -0.550 e. The Balaban J connectivity index is -0.0000000245. The average Bonchev–Trinajstić information content (AvgIpc) is 2.08. The van der Waals surface area contributed by atoms with Crippen LogP contribution in [0.1, 0.15) is 41.5 Å².